The highest BCUT2D eigenvalue weighted by Gasteiger charge is 2.17. The van der Waals surface area contributed by atoms with Gasteiger partial charge in [-0.2, -0.15) is 0 Å². The maximum Gasteiger partial charge on any atom is 0.407 e. The highest BCUT2D eigenvalue weighted by Crippen LogP contribution is 2.31. The van der Waals surface area contributed by atoms with E-state index < -0.39 is 11.7 Å². The lowest BCUT2D eigenvalue weighted by Gasteiger charge is -2.19. The van der Waals surface area contributed by atoms with Crippen molar-refractivity contribution in [3.05, 3.63) is 33.5 Å². The van der Waals surface area contributed by atoms with Crippen LogP contribution in [0.4, 0.5) is 4.79 Å². The van der Waals surface area contributed by atoms with Crippen LogP contribution in [0.2, 0.25) is 5.02 Å². The zero-order valence-corrected chi connectivity index (χ0v) is 13.8. The molecule has 4 nitrogen and oxygen atoms in total. The summed E-state index contributed by atoms with van der Waals surface area (Å²) >= 11 is 9.47. The average molecular weight is 361 g/mol. The molecule has 0 spiro atoms. The van der Waals surface area contributed by atoms with E-state index in [4.69, 9.17) is 20.8 Å². The summed E-state index contributed by atoms with van der Waals surface area (Å²) in [5.74, 6) is 0. The molecule has 0 saturated carbocycles. The number of ether oxygens (including phenoxy) is 1. The molecular formula is C14H15BrClNO3. The van der Waals surface area contributed by atoms with Crippen molar-refractivity contribution in [3.8, 4) is 0 Å². The van der Waals surface area contributed by atoms with Gasteiger partial charge in [0.25, 0.3) is 0 Å². The topological polar surface area (TPSA) is 51.5 Å². The van der Waals surface area contributed by atoms with Gasteiger partial charge in [0.15, 0.2) is 5.58 Å². The Morgan fingerprint density at radius 2 is 2.15 bits per heavy atom. The molecule has 1 amide bonds. The number of hydrogen-bond acceptors (Lipinski definition) is 3. The van der Waals surface area contributed by atoms with Gasteiger partial charge in [0, 0.05) is 22.0 Å². The van der Waals surface area contributed by atoms with Gasteiger partial charge in [-0.1, -0.05) is 27.5 Å². The van der Waals surface area contributed by atoms with E-state index in [1.807, 2.05) is 26.8 Å². The number of fused-ring (bicyclic) bond motifs is 1. The molecule has 0 aliphatic rings. The molecule has 0 unspecified atom stereocenters. The average Bonchev–Trinajstić information content (AvgIpc) is 2.67. The van der Waals surface area contributed by atoms with Crippen LogP contribution in [0.3, 0.4) is 0 Å². The monoisotopic (exact) mass is 359 g/mol. The fraction of sp³-hybridized carbons (Fsp3) is 0.357. The summed E-state index contributed by atoms with van der Waals surface area (Å²) in [6.07, 6.45) is 1.12. The number of halogens is 2. The van der Waals surface area contributed by atoms with Gasteiger partial charge in [-0.15, -0.1) is 0 Å². The standard InChI is InChI=1S/C14H15BrClNO3/c1-14(2,3)20-13(18)17-6-8-7-19-12-10(8)4-9(15)5-11(12)16/h4-5,7H,6H2,1-3H3,(H,17,18). The van der Waals surface area contributed by atoms with E-state index in [0.717, 1.165) is 15.4 Å². The fourth-order valence-electron chi connectivity index (χ4n) is 1.73. The minimum absolute atomic E-state index is 0.314. The Hall–Kier alpha value is -1.20. The molecule has 2 rings (SSSR count). The smallest absolute Gasteiger partial charge is 0.407 e. The summed E-state index contributed by atoms with van der Waals surface area (Å²) in [6, 6.07) is 3.66. The molecule has 0 saturated heterocycles. The molecule has 6 heteroatoms. The number of hydrogen-bond donors (Lipinski definition) is 1. The molecular weight excluding hydrogens is 346 g/mol. The van der Waals surface area contributed by atoms with Crippen molar-refractivity contribution in [1.29, 1.82) is 0 Å². The summed E-state index contributed by atoms with van der Waals surface area (Å²) < 4.78 is 11.5. The fourth-order valence-corrected chi connectivity index (χ4v) is 2.58. The molecule has 108 valence electrons. The summed E-state index contributed by atoms with van der Waals surface area (Å²) in [5, 5.41) is 4.08. The van der Waals surface area contributed by atoms with E-state index in [1.54, 1.807) is 12.3 Å². The van der Waals surface area contributed by atoms with E-state index in [0.29, 0.717) is 17.2 Å². The van der Waals surface area contributed by atoms with Crippen LogP contribution in [0.15, 0.2) is 27.3 Å². The van der Waals surface area contributed by atoms with Crippen LogP contribution in [0.5, 0.6) is 0 Å². The Labute approximate surface area is 130 Å². The van der Waals surface area contributed by atoms with E-state index >= 15 is 0 Å². The molecule has 0 fully saturated rings. The van der Waals surface area contributed by atoms with Crippen LogP contribution in [-0.2, 0) is 11.3 Å². The first-order valence-electron chi connectivity index (χ1n) is 6.08. The Morgan fingerprint density at radius 1 is 1.45 bits per heavy atom. The van der Waals surface area contributed by atoms with E-state index in [9.17, 15) is 4.79 Å². The van der Waals surface area contributed by atoms with Gasteiger partial charge in [0.1, 0.15) is 5.60 Å². The van der Waals surface area contributed by atoms with Gasteiger partial charge in [-0.05, 0) is 32.9 Å². The second kappa shape index (κ2) is 5.66. The van der Waals surface area contributed by atoms with Gasteiger partial charge in [-0.25, -0.2) is 4.79 Å². The highest BCUT2D eigenvalue weighted by atomic mass is 79.9. The normalized spacial score (nSPS) is 11.7. The lowest BCUT2D eigenvalue weighted by molar-refractivity contribution is 0.0524. The van der Waals surface area contributed by atoms with Crippen LogP contribution >= 0.6 is 27.5 Å². The lowest BCUT2D eigenvalue weighted by atomic mass is 10.2. The van der Waals surface area contributed by atoms with Crippen molar-refractivity contribution >= 4 is 44.6 Å². The number of alkyl carbamates (subject to hydrolysis) is 1. The van der Waals surface area contributed by atoms with Crippen LogP contribution in [-0.4, -0.2) is 11.7 Å². The van der Waals surface area contributed by atoms with E-state index in [-0.39, 0.29) is 0 Å². The van der Waals surface area contributed by atoms with Crippen molar-refractivity contribution in [2.45, 2.75) is 32.9 Å². The Morgan fingerprint density at radius 3 is 2.80 bits per heavy atom. The lowest BCUT2D eigenvalue weighted by Crippen LogP contribution is -2.32. The number of benzene rings is 1. The largest absolute Gasteiger partial charge is 0.462 e. The Kier molecular flexibility index (Phi) is 4.30. The molecule has 1 heterocycles. The predicted molar refractivity (Wildman–Crippen MR) is 82.0 cm³/mol. The maximum atomic E-state index is 11.6. The second-order valence-electron chi connectivity index (χ2n) is 5.38. The van der Waals surface area contributed by atoms with Crippen LogP contribution in [0.1, 0.15) is 26.3 Å². The van der Waals surface area contributed by atoms with Crippen molar-refractivity contribution in [2.24, 2.45) is 0 Å². The maximum absolute atomic E-state index is 11.6. The third-order valence-corrected chi connectivity index (χ3v) is 3.23. The Balaban J connectivity index is 2.13. The quantitative estimate of drug-likeness (QED) is 0.831. The SMILES string of the molecule is CC(C)(C)OC(=O)NCc1coc2c(Cl)cc(Br)cc12. The van der Waals surface area contributed by atoms with Crippen molar-refractivity contribution in [2.75, 3.05) is 0 Å². The first kappa shape index (κ1) is 15.2. The molecule has 1 aromatic heterocycles. The van der Waals surface area contributed by atoms with Crippen molar-refractivity contribution < 1.29 is 13.9 Å². The second-order valence-corrected chi connectivity index (χ2v) is 6.70. The summed E-state index contributed by atoms with van der Waals surface area (Å²) in [6.45, 7) is 5.76. The van der Waals surface area contributed by atoms with Gasteiger partial charge in [0.2, 0.25) is 0 Å². The third kappa shape index (κ3) is 3.67. The number of carbonyl (C=O) groups excluding carboxylic acids is 1. The van der Waals surface area contributed by atoms with E-state index in [2.05, 4.69) is 21.2 Å². The van der Waals surface area contributed by atoms with Crippen LogP contribution < -0.4 is 5.32 Å². The first-order chi connectivity index (χ1) is 9.26. The van der Waals surface area contributed by atoms with Gasteiger partial charge < -0.3 is 14.5 Å². The number of carbonyl (C=O) groups is 1. The van der Waals surface area contributed by atoms with Crippen molar-refractivity contribution in [1.82, 2.24) is 5.32 Å². The number of nitrogens with one attached hydrogen (secondary N) is 1. The predicted octanol–water partition coefficient (Wildman–Crippen LogP) is 4.87. The summed E-state index contributed by atoms with van der Waals surface area (Å²) in [7, 11) is 0. The van der Waals surface area contributed by atoms with Crippen LogP contribution in [0.25, 0.3) is 11.0 Å². The molecule has 0 aliphatic carbocycles. The van der Waals surface area contributed by atoms with Crippen LogP contribution in [0, 0.1) is 0 Å². The summed E-state index contributed by atoms with van der Waals surface area (Å²) in [4.78, 5) is 11.6. The molecule has 0 atom stereocenters. The molecule has 2 aromatic rings. The van der Waals surface area contributed by atoms with Gasteiger partial charge >= 0.3 is 6.09 Å². The minimum atomic E-state index is -0.519. The number of rotatable bonds is 2. The van der Waals surface area contributed by atoms with Crippen molar-refractivity contribution in [3.63, 3.8) is 0 Å². The zero-order chi connectivity index (χ0) is 14.9. The number of furan rings is 1. The van der Waals surface area contributed by atoms with Gasteiger partial charge in [0.05, 0.1) is 11.3 Å². The highest BCUT2D eigenvalue weighted by molar-refractivity contribution is 9.10. The number of amides is 1. The van der Waals surface area contributed by atoms with Gasteiger partial charge in [-0.3, -0.25) is 0 Å². The molecule has 0 bridgehead atoms. The van der Waals surface area contributed by atoms with E-state index in [1.165, 1.54) is 0 Å². The molecule has 1 aromatic carbocycles. The molecule has 20 heavy (non-hydrogen) atoms. The molecule has 1 N–H and O–H groups in total. The first-order valence-corrected chi connectivity index (χ1v) is 7.25. The molecule has 0 radical (unpaired) electrons. The summed E-state index contributed by atoms with van der Waals surface area (Å²) in [5.41, 5.74) is 0.930. The Bertz CT molecular complexity index is 646. The minimum Gasteiger partial charge on any atom is -0.462 e. The zero-order valence-electron chi connectivity index (χ0n) is 11.4. The molecule has 0 aliphatic heterocycles. The third-order valence-electron chi connectivity index (χ3n) is 2.50.